The lowest BCUT2D eigenvalue weighted by atomic mass is 10.1. The number of carbonyl (C=O) groups excluding carboxylic acids is 1. The maximum absolute atomic E-state index is 13.6. The molecule has 9 heteroatoms. The van der Waals surface area contributed by atoms with Gasteiger partial charge in [0.2, 0.25) is 11.7 Å². The van der Waals surface area contributed by atoms with Gasteiger partial charge < -0.3 is 19.4 Å². The van der Waals surface area contributed by atoms with Gasteiger partial charge in [0.05, 0.1) is 11.0 Å². The number of halogens is 3. The number of hydrogen-bond acceptors (Lipinski definition) is 4. The number of nitrogens with zero attached hydrogens (tertiary/aromatic N) is 2. The zero-order valence-electron chi connectivity index (χ0n) is 15.8. The van der Waals surface area contributed by atoms with E-state index >= 15 is 0 Å². The average molecular weight is 405 g/mol. The second kappa shape index (κ2) is 6.98. The van der Waals surface area contributed by atoms with Gasteiger partial charge in [0, 0.05) is 17.8 Å². The molecule has 0 atom stereocenters. The van der Waals surface area contributed by atoms with Crippen LogP contribution in [0.25, 0.3) is 11.0 Å². The van der Waals surface area contributed by atoms with Crippen molar-refractivity contribution in [2.45, 2.75) is 26.6 Å². The summed E-state index contributed by atoms with van der Waals surface area (Å²) in [5.74, 6) is -1.08. The Morgan fingerprint density at radius 1 is 1.10 bits per heavy atom. The summed E-state index contributed by atoms with van der Waals surface area (Å²) in [7, 11) is 0. The van der Waals surface area contributed by atoms with Crippen LogP contribution in [0.15, 0.2) is 30.3 Å². The van der Waals surface area contributed by atoms with Gasteiger partial charge in [0.15, 0.2) is 11.5 Å². The fraction of sp³-hybridized carbons (Fsp3) is 0.300. The van der Waals surface area contributed by atoms with E-state index in [0.29, 0.717) is 30.4 Å². The first-order chi connectivity index (χ1) is 13.7. The predicted octanol–water partition coefficient (Wildman–Crippen LogP) is 4.08. The van der Waals surface area contributed by atoms with E-state index in [4.69, 9.17) is 9.47 Å². The number of aromatic nitrogens is 2. The SMILES string of the molecule is Cc1ccc(NC(=O)Cn2c(C(F)(F)F)nc3cc4c(cc32)OCCO4)cc1C. The predicted molar refractivity (Wildman–Crippen MR) is 100 cm³/mol. The molecule has 3 aromatic rings. The number of amides is 1. The molecule has 0 fully saturated rings. The molecule has 1 amide bonds. The minimum absolute atomic E-state index is 0.0838. The molecule has 1 N–H and O–H groups in total. The largest absolute Gasteiger partial charge is 0.486 e. The summed E-state index contributed by atoms with van der Waals surface area (Å²) >= 11 is 0. The molecule has 2 aromatic carbocycles. The number of carbonyl (C=O) groups is 1. The Morgan fingerprint density at radius 2 is 1.79 bits per heavy atom. The molecule has 6 nitrogen and oxygen atoms in total. The van der Waals surface area contributed by atoms with Gasteiger partial charge in [-0.15, -0.1) is 0 Å². The lowest BCUT2D eigenvalue weighted by Gasteiger charge is -2.18. The van der Waals surface area contributed by atoms with Gasteiger partial charge in [-0.05, 0) is 37.1 Å². The Bertz CT molecular complexity index is 1110. The highest BCUT2D eigenvalue weighted by Crippen LogP contribution is 2.38. The summed E-state index contributed by atoms with van der Waals surface area (Å²) in [6.45, 7) is 3.88. The van der Waals surface area contributed by atoms with Gasteiger partial charge in [-0.1, -0.05) is 6.07 Å². The van der Waals surface area contributed by atoms with Gasteiger partial charge in [-0.2, -0.15) is 13.2 Å². The monoisotopic (exact) mass is 405 g/mol. The van der Waals surface area contributed by atoms with Crippen molar-refractivity contribution in [3.8, 4) is 11.5 Å². The van der Waals surface area contributed by atoms with Crippen molar-refractivity contribution < 1.29 is 27.4 Å². The normalized spacial score (nSPS) is 13.6. The number of rotatable bonds is 3. The molecule has 29 heavy (non-hydrogen) atoms. The van der Waals surface area contributed by atoms with E-state index in [1.807, 2.05) is 19.9 Å². The fourth-order valence-corrected chi connectivity index (χ4v) is 3.20. The summed E-state index contributed by atoms with van der Waals surface area (Å²) < 4.78 is 52.4. The third-order valence-electron chi connectivity index (χ3n) is 4.76. The lowest BCUT2D eigenvalue weighted by molar-refractivity contribution is -0.147. The smallest absolute Gasteiger partial charge is 0.449 e. The van der Waals surface area contributed by atoms with Gasteiger partial charge in [-0.25, -0.2) is 4.98 Å². The Kier molecular flexibility index (Phi) is 4.60. The number of aryl methyl sites for hydroxylation is 2. The highest BCUT2D eigenvalue weighted by Gasteiger charge is 2.38. The van der Waals surface area contributed by atoms with E-state index in [0.717, 1.165) is 15.7 Å². The van der Waals surface area contributed by atoms with Crippen LogP contribution in [-0.2, 0) is 17.5 Å². The van der Waals surface area contributed by atoms with Crippen molar-refractivity contribution in [3.63, 3.8) is 0 Å². The van der Waals surface area contributed by atoms with Crippen LogP contribution in [0.5, 0.6) is 11.5 Å². The van der Waals surface area contributed by atoms with Crippen LogP contribution >= 0.6 is 0 Å². The molecule has 0 saturated carbocycles. The summed E-state index contributed by atoms with van der Waals surface area (Å²) in [6.07, 6.45) is -4.72. The first kappa shape index (κ1) is 19.1. The summed E-state index contributed by atoms with van der Waals surface area (Å²) in [5.41, 5.74) is 2.77. The maximum Gasteiger partial charge on any atom is 0.449 e. The maximum atomic E-state index is 13.6. The molecule has 2 heterocycles. The number of imidazole rings is 1. The van der Waals surface area contributed by atoms with E-state index in [1.54, 1.807) is 12.1 Å². The number of alkyl halides is 3. The van der Waals surface area contributed by atoms with E-state index in [-0.39, 0.29) is 11.0 Å². The average Bonchev–Trinajstić information content (AvgIpc) is 3.00. The van der Waals surface area contributed by atoms with Crippen LogP contribution in [0, 0.1) is 13.8 Å². The number of hydrogen-bond donors (Lipinski definition) is 1. The molecule has 0 saturated heterocycles. The Hall–Kier alpha value is -3.23. The molecule has 0 radical (unpaired) electrons. The summed E-state index contributed by atoms with van der Waals surface area (Å²) in [6, 6.07) is 8.14. The van der Waals surface area contributed by atoms with E-state index in [9.17, 15) is 18.0 Å². The third-order valence-corrected chi connectivity index (χ3v) is 4.76. The summed E-state index contributed by atoms with van der Waals surface area (Å²) in [5, 5.41) is 2.64. The van der Waals surface area contributed by atoms with Gasteiger partial charge >= 0.3 is 6.18 Å². The molecule has 1 aliphatic rings. The molecule has 0 unspecified atom stereocenters. The lowest BCUT2D eigenvalue weighted by Crippen LogP contribution is -2.23. The van der Waals surface area contributed by atoms with E-state index in [2.05, 4.69) is 10.3 Å². The number of ether oxygens (including phenoxy) is 2. The fourth-order valence-electron chi connectivity index (χ4n) is 3.20. The highest BCUT2D eigenvalue weighted by molar-refractivity contribution is 5.92. The van der Waals surface area contributed by atoms with E-state index < -0.39 is 24.5 Å². The van der Waals surface area contributed by atoms with Crippen molar-refractivity contribution in [2.24, 2.45) is 0 Å². The van der Waals surface area contributed by atoms with Crippen LogP contribution in [-0.4, -0.2) is 28.7 Å². The van der Waals surface area contributed by atoms with Gasteiger partial charge in [0.1, 0.15) is 19.8 Å². The second-order valence-corrected chi connectivity index (χ2v) is 6.85. The van der Waals surface area contributed by atoms with Crippen LogP contribution < -0.4 is 14.8 Å². The number of nitrogens with one attached hydrogen (secondary N) is 1. The quantitative estimate of drug-likeness (QED) is 0.713. The Morgan fingerprint density at radius 3 is 2.45 bits per heavy atom. The van der Waals surface area contributed by atoms with Crippen LogP contribution in [0.2, 0.25) is 0 Å². The van der Waals surface area contributed by atoms with Crippen molar-refractivity contribution in [2.75, 3.05) is 18.5 Å². The topological polar surface area (TPSA) is 65.4 Å². The molecule has 152 valence electrons. The molecule has 1 aromatic heterocycles. The molecule has 4 rings (SSSR count). The zero-order valence-corrected chi connectivity index (χ0v) is 15.8. The molecule has 0 aliphatic carbocycles. The van der Waals surface area contributed by atoms with Crippen molar-refractivity contribution in [3.05, 3.63) is 47.3 Å². The molecule has 1 aliphatic heterocycles. The first-order valence-electron chi connectivity index (χ1n) is 8.96. The van der Waals surface area contributed by atoms with Crippen molar-refractivity contribution in [1.82, 2.24) is 9.55 Å². The Balaban J connectivity index is 1.70. The molecule has 0 bridgehead atoms. The minimum Gasteiger partial charge on any atom is -0.486 e. The van der Waals surface area contributed by atoms with Gasteiger partial charge in [0.25, 0.3) is 0 Å². The Labute approximate surface area is 164 Å². The highest BCUT2D eigenvalue weighted by atomic mass is 19.4. The zero-order chi connectivity index (χ0) is 20.8. The number of anilines is 1. The van der Waals surface area contributed by atoms with Crippen LogP contribution in [0.1, 0.15) is 17.0 Å². The first-order valence-corrected chi connectivity index (χ1v) is 8.96. The minimum atomic E-state index is -4.72. The standard InChI is InChI=1S/C20H18F3N3O3/c1-11-3-4-13(7-12(11)2)24-18(27)10-26-15-9-17-16(28-5-6-29-17)8-14(15)25-19(26)20(21,22)23/h3-4,7-9H,5-6,10H2,1-2H3,(H,24,27). The van der Waals surface area contributed by atoms with Crippen LogP contribution in [0.3, 0.4) is 0 Å². The molecular weight excluding hydrogens is 387 g/mol. The van der Waals surface area contributed by atoms with Crippen molar-refractivity contribution in [1.29, 1.82) is 0 Å². The number of fused-ring (bicyclic) bond motifs is 2. The molecular formula is C20H18F3N3O3. The van der Waals surface area contributed by atoms with Crippen molar-refractivity contribution >= 4 is 22.6 Å². The van der Waals surface area contributed by atoms with Crippen LogP contribution in [0.4, 0.5) is 18.9 Å². The number of benzene rings is 2. The second-order valence-electron chi connectivity index (χ2n) is 6.85. The summed E-state index contributed by atoms with van der Waals surface area (Å²) in [4.78, 5) is 16.2. The van der Waals surface area contributed by atoms with E-state index in [1.165, 1.54) is 12.1 Å². The molecule has 0 spiro atoms. The van der Waals surface area contributed by atoms with Gasteiger partial charge in [-0.3, -0.25) is 4.79 Å². The third kappa shape index (κ3) is 3.72.